The third-order valence-corrected chi connectivity index (χ3v) is 5.30. The molecule has 0 aromatic rings. The molecule has 5 heteroatoms. The molecule has 0 aromatic heterocycles. The maximum absolute atomic E-state index is 12.2. The van der Waals surface area contributed by atoms with Crippen LogP contribution in [0, 0.1) is 5.92 Å². The number of nitrogens with zero attached hydrogens (tertiary/aromatic N) is 1. The van der Waals surface area contributed by atoms with Gasteiger partial charge >= 0.3 is 5.97 Å². The predicted octanol–water partition coefficient (Wildman–Crippen LogP) is 1.54. The number of hydrogen-bond acceptors (Lipinski definition) is 5. The first kappa shape index (κ1) is 17.7. The highest BCUT2D eigenvalue weighted by molar-refractivity contribution is 5.80. The lowest BCUT2D eigenvalue weighted by atomic mass is 9.81. The number of carbonyl (C=O) groups is 1. The zero-order valence-corrected chi connectivity index (χ0v) is 14.1. The minimum absolute atomic E-state index is 0.175. The van der Waals surface area contributed by atoms with Crippen molar-refractivity contribution in [2.24, 2.45) is 5.92 Å². The number of likely N-dealkylation sites (tertiary alicyclic amines) is 1. The summed E-state index contributed by atoms with van der Waals surface area (Å²) in [7, 11) is 1.45. The van der Waals surface area contributed by atoms with Crippen molar-refractivity contribution in [2.45, 2.75) is 63.5 Å². The second kappa shape index (κ2) is 8.27. The number of methoxy groups -OCH3 is 1. The Bertz CT molecular complexity index is 348. The highest BCUT2D eigenvalue weighted by Gasteiger charge is 2.40. The van der Waals surface area contributed by atoms with Crippen LogP contribution in [0.2, 0.25) is 0 Å². The third-order valence-electron chi connectivity index (χ3n) is 5.30. The molecule has 1 aliphatic heterocycles. The monoisotopic (exact) mass is 312 g/mol. The lowest BCUT2D eigenvalue weighted by molar-refractivity contribution is -0.150. The molecule has 2 fully saturated rings. The number of β-amino-alcohol motifs (C(OH)–C–C–N with tert-alkyl or cyclic N) is 1. The zero-order valence-electron chi connectivity index (χ0n) is 14.1. The van der Waals surface area contributed by atoms with Crippen LogP contribution in [0.15, 0.2) is 0 Å². The van der Waals surface area contributed by atoms with Gasteiger partial charge in [0.05, 0.1) is 13.2 Å². The van der Waals surface area contributed by atoms with Crippen LogP contribution in [-0.4, -0.2) is 60.9 Å². The van der Waals surface area contributed by atoms with Crippen molar-refractivity contribution in [2.75, 3.05) is 33.3 Å². The van der Waals surface area contributed by atoms with Gasteiger partial charge in [0.15, 0.2) is 0 Å². The lowest BCUT2D eigenvalue weighted by Crippen LogP contribution is -2.56. The highest BCUT2D eigenvalue weighted by Crippen LogP contribution is 2.29. The Morgan fingerprint density at radius 1 is 1.32 bits per heavy atom. The average Bonchev–Trinajstić information content (AvgIpc) is 2.55. The minimum Gasteiger partial charge on any atom is -0.468 e. The van der Waals surface area contributed by atoms with Crippen LogP contribution in [0.5, 0.6) is 0 Å². The number of ether oxygens (including phenoxy) is 1. The summed E-state index contributed by atoms with van der Waals surface area (Å²) >= 11 is 0. The Kier molecular flexibility index (Phi) is 6.66. The van der Waals surface area contributed by atoms with Crippen LogP contribution in [-0.2, 0) is 9.53 Å². The lowest BCUT2D eigenvalue weighted by Gasteiger charge is -2.37. The van der Waals surface area contributed by atoms with E-state index in [1.54, 1.807) is 0 Å². The van der Waals surface area contributed by atoms with E-state index in [-0.39, 0.29) is 5.97 Å². The van der Waals surface area contributed by atoms with Crippen LogP contribution in [0.1, 0.15) is 51.9 Å². The number of piperidine rings is 1. The molecule has 1 aliphatic carbocycles. The van der Waals surface area contributed by atoms with E-state index in [0.29, 0.717) is 13.1 Å². The molecule has 1 unspecified atom stereocenters. The predicted molar refractivity (Wildman–Crippen MR) is 86.7 cm³/mol. The van der Waals surface area contributed by atoms with Crippen LogP contribution >= 0.6 is 0 Å². The van der Waals surface area contributed by atoms with Gasteiger partial charge in [0.25, 0.3) is 0 Å². The number of carbonyl (C=O) groups excluding carboxylic acids is 1. The average molecular weight is 312 g/mol. The van der Waals surface area contributed by atoms with Gasteiger partial charge in [-0.2, -0.15) is 0 Å². The van der Waals surface area contributed by atoms with Gasteiger partial charge in [-0.1, -0.05) is 26.2 Å². The Morgan fingerprint density at radius 3 is 2.55 bits per heavy atom. The number of rotatable bonds is 6. The molecule has 5 nitrogen and oxygen atoms in total. The first-order valence-electron chi connectivity index (χ1n) is 8.79. The zero-order chi connectivity index (χ0) is 16.0. The fraction of sp³-hybridized carbons (Fsp3) is 0.941. The molecule has 2 rings (SSSR count). The van der Waals surface area contributed by atoms with Gasteiger partial charge in [-0.15, -0.1) is 0 Å². The first-order valence-corrected chi connectivity index (χ1v) is 8.79. The van der Waals surface area contributed by atoms with E-state index in [4.69, 9.17) is 4.74 Å². The molecule has 0 radical (unpaired) electrons. The van der Waals surface area contributed by atoms with Crippen LogP contribution in [0.4, 0.5) is 0 Å². The summed E-state index contributed by atoms with van der Waals surface area (Å²) in [5.41, 5.74) is -0.579. The van der Waals surface area contributed by atoms with Crippen LogP contribution < -0.4 is 5.32 Å². The molecule has 0 bridgehead atoms. The fourth-order valence-electron chi connectivity index (χ4n) is 3.72. The minimum atomic E-state index is -0.579. The van der Waals surface area contributed by atoms with E-state index in [0.717, 1.165) is 44.7 Å². The van der Waals surface area contributed by atoms with E-state index in [2.05, 4.69) is 17.1 Å². The first-order chi connectivity index (χ1) is 10.6. The number of aliphatic hydroxyl groups excluding tert-OH is 1. The normalized spacial score (nSPS) is 24.9. The van der Waals surface area contributed by atoms with Crippen molar-refractivity contribution in [3.05, 3.63) is 0 Å². The van der Waals surface area contributed by atoms with E-state index < -0.39 is 11.6 Å². The van der Waals surface area contributed by atoms with Crippen molar-refractivity contribution in [1.29, 1.82) is 0 Å². The SMILES string of the molecule is COC(=O)C1(NCC(O)CN2CCC(C)CC2)CCCCC1. The van der Waals surface area contributed by atoms with Crippen LogP contribution in [0.25, 0.3) is 0 Å². The van der Waals surface area contributed by atoms with Gasteiger partial charge in [0, 0.05) is 13.1 Å². The second-order valence-corrected chi connectivity index (χ2v) is 7.15. The number of hydrogen-bond donors (Lipinski definition) is 2. The topological polar surface area (TPSA) is 61.8 Å². The van der Waals surface area contributed by atoms with Gasteiger partial charge in [-0.25, -0.2) is 0 Å². The molecule has 22 heavy (non-hydrogen) atoms. The molecule has 2 aliphatic rings. The summed E-state index contributed by atoms with van der Waals surface area (Å²) < 4.78 is 4.99. The highest BCUT2D eigenvalue weighted by atomic mass is 16.5. The summed E-state index contributed by atoms with van der Waals surface area (Å²) in [6.45, 7) is 5.58. The Balaban J connectivity index is 1.80. The number of aliphatic hydroxyl groups is 1. The number of esters is 1. The maximum Gasteiger partial charge on any atom is 0.326 e. The molecule has 1 atom stereocenters. The molecule has 0 spiro atoms. The molecule has 2 N–H and O–H groups in total. The van der Waals surface area contributed by atoms with Crippen molar-refractivity contribution < 1.29 is 14.6 Å². The summed E-state index contributed by atoms with van der Waals surface area (Å²) in [6.07, 6.45) is 6.89. The van der Waals surface area contributed by atoms with Crippen molar-refractivity contribution in [3.63, 3.8) is 0 Å². The fourth-order valence-corrected chi connectivity index (χ4v) is 3.72. The van der Waals surface area contributed by atoms with Gasteiger partial charge < -0.3 is 14.7 Å². The summed E-state index contributed by atoms with van der Waals surface area (Å²) in [5.74, 6) is 0.627. The van der Waals surface area contributed by atoms with Gasteiger partial charge in [0.2, 0.25) is 0 Å². The summed E-state index contributed by atoms with van der Waals surface area (Å²) in [6, 6.07) is 0. The van der Waals surface area contributed by atoms with E-state index in [1.165, 1.54) is 26.4 Å². The number of nitrogens with one attached hydrogen (secondary N) is 1. The molecular formula is C17H32N2O3. The standard InChI is InChI=1S/C17H32N2O3/c1-14-6-10-19(11-7-14)13-15(20)12-18-17(16(21)22-2)8-4-3-5-9-17/h14-15,18,20H,3-13H2,1-2H3. The second-order valence-electron chi connectivity index (χ2n) is 7.15. The third kappa shape index (κ3) is 4.67. The molecule has 0 aromatic carbocycles. The van der Waals surface area contributed by atoms with Crippen LogP contribution in [0.3, 0.4) is 0 Å². The Labute approximate surface area is 134 Å². The van der Waals surface area contributed by atoms with Gasteiger partial charge in [-0.3, -0.25) is 10.1 Å². The molecule has 1 heterocycles. The molecule has 1 saturated carbocycles. The van der Waals surface area contributed by atoms with Gasteiger partial charge in [0.1, 0.15) is 5.54 Å². The molecule has 0 amide bonds. The van der Waals surface area contributed by atoms with Crippen molar-refractivity contribution in [1.82, 2.24) is 10.2 Å². The molecule has 128 valence electrons. The van der Waals surface area contributed by atoms with E-state index >= 15 is 0 Å². The maximum atomic E-state index is 12.2. The van der Waals surface area contributed by atoms with E-state index in [1.807, 2.05) is 0 Å². The molecular weight excluding hydrogens is 280 g/mol. The quantitative estimate of drug-likeness (QED) is 0.729. The van der Waals surface area contributed by atoms with Gasteiger partial charge in [-0.05, 0) is 44.7 Å². The molecule has 1 saturated heterocycles. The Hall–Kier alpha value is -0.650. The largest absolute Gasteiger partial charge is 0.468 e. The van der Waals surface area contributed by atoms with Crippen molar-refractivity contribution in [3.8, 4) is 0 Å². The Morgan fingerprint density at radius 2 is 1.95 bits per heavy atom. The summed E-state index contributed by atoms with van der Waals surface area (Å²) in [5, 5.41) is 13.6. The smallest absolute Gasteiger partial charge is 0.326 e. The van der Waals surface area contributed by atoms with Crippen molar-refractivity contribution >= 4 is 5.97 Å². The van der Waals surface area contributed by atoms with E-state index in [9.17, 15) is 9.90 Å². The summed E-state index contributed by atoms with van der Waals surface area (Å²) in [4.78, 5) is 14.5.